The third-order valence-electron chi connectivity index (χ3n) is 3.80. The molecule has 26 heavy (non-hydrogen) atoms. The quantitative estimate of drug-likeness (QED) is 0.540. The average Bonchev–Trinajstić information content (AvgIpc) is 3.05. The van der Waals surface area contributed by atoms with Crippen LogP contribution in [0.25, 0.3) is 0 Å². The van der Waals surface area contributed by atoms with E-state index in [1.54, 1.807) is 19.2 Å². The smallest absolute Gasteiger partial charge is 0.242 e. The molecule has 4 N–H and O–H groups in total. The summed E-state index contributed by atoms with van der Waals surface area (Å²) >= 11 is 0. The minimum atomic E-state index is -0.419. The van der Waals surface area contributed by atoms with Crippen LogP contribution in [0, 0.1) is 6.92 Å². The molecule has 0 radical (unpaired) electrons. The summed E-state index contributed by atoms with van der Waals surface area (Å²) in [5, 5.41) is 11.7. The van der Waals surface area contributed by atoms with E-state index < -0.39 is 6.04 Å². The third kappa shape index (κ3) is 4.88. The highest BCUT2D eigenvalue weighted by Gasteiger charge is 2.26. The van der Waals surface area contributed by atoms with Crippen LogP contribution in [0.3, 0.4) is 0 Å². The largest absolute Gasteiger partial charge is 0.368 e. The number of hydrogen-bond acceptors (Lipinski definition) is 7. The summed E-state index contributed by atoms with van der Waals surface area (Å²) in [5.74, 6) is 2.37. The van der Waals surface area contributed by atoms with Gasteiger partial charge in [-0.1, -0.05) is 6.07 Å². The first-order valence-corrected chi connectivity index (χ1v) is 8.45. The molecule has 1 aliphatic heterocycles. The van der Waals surface area contributed by atoms with Gasteiger partial charge in [0.25, 0.3) is 0 Å². The number of rotatable bonds is 7. The number of aromatic nitrogens is 3. The molecule has 3 rings (SSSR count). The number of carbonyl (C=O) groups excluding carboxylic acids is 2. The molecule has 136 valence electrons. The van der Waals surface area contributed by atoms with Crippen LogP contribution in [-0.2, 0) is 9.59 Å². The van der Waals surface area contributed by atoms with Crippen molar-refractivity contribution in [1.82, 2.24) is 25.6 Å². The highest BCUT2D eigenvalue weighted by Crippen LogP contribution is 2.15. The van der Waals surface area contributed by atoms with Crippen LogP contribution in [-0.4, -0.2) is 45.9 Å². The number of nitrogens with zero attached hydrogens (tertiary/aromatic N) is 3. The Kier molecular flexibility index (Phi) is 5.57. The van der Waals surface area contributed by atoms with Crippen LogP contribution in [0.2, 0.25) is 0 Å². The predicted octanol–water partition coefficient (Wildman–Crippen LogP) is 0.730. The fourth-order valence-corrected chi connectivity index (χ4v) is 2.60. The molecule has 3 heterocycles. The van der Waals surface area contributed by atoms with Gasteiger partial charge in [-0.3, -0.25) is 9.59 Å². The van der Waals surface area contributed by atoms with Crippen molar-refractivity contribution in [3.05, 3.63) is 36.3 Å². The maximum absolute atomic E-state index is 11.9. The summed E-state index contributed by atoms with van der Waals surface area (Å²) in [5.41, 5.74) is 0. The maximum Gasteiger partial charge on any atom is 0.242 e. The second kappa shape index (κ2) is 8.24. The van der Waals surface area contributed by atoms with Crippen LogP contribution in [0.15, 0.2) is 30.5 Å². The zero-order valence-electron chi connectivity index (χ0n) is 14.5. The highest BCUT2D eigenvalue weighted by atomic mass is 16.2. The Bertz CT molecular complexity index is 782. The van der Waals surface area contributed by atoms with Gasteiger partial charge in [0.1, 0.15) is 29.3 Å². The van der Waals surface area contributed by atoms with Gasteiger partial charge in [0.05, 0.1) is 0 Å². The Morgan fingerprint density at radius 1 is 1.23 bits per heavy atom. The van der Waals surface area contributed by atoms with E-state index in [2.05, 4.69) is 36.2 Å². The van der Waals surface area contributed by atoms with E-state index in [0.29, 0.717) is 49.2 Å². The molecule has 0 bridgehead atoms. The standard InChI is InChI=1S/C17H21N7O2/c1-11-21-14(10-15(22-11)24-13-4-2-3-7-18-13)19-8-9-20-17(26)12-5-6-16(25)23-12/h2-4,7,10,12H,5-6,8-9H2,1H3,(H,20,26)(H,23,25)(H2,18,19,21,22,24)/t12-/m0/s1. The second-order valence-electron chi connectivity index (χ2n) is 5.90. The van der Waals surface area contributed by atoms with Gasteiger partial charge in [-0.15, -0.1) is 0 Å². The molecule has 0 spiro atoms. The lowest BCUT2D eigenvalue weighted by atomic mass is 10.2. The molecule has 2 amide bonds. The summed E-state index contributed by atoms with van der Waals surface area (Å²) in [7, 11) is 0. The first-order chi connectivity index (χ1) is 12.6. The monoisotopic (exact) mass is 355 g/mol. The summed E-state index contributed by atoms with van der Waals surface area (Å²) in [6, 6.07) is 6.94. The molecule has 1 saturated heterocycles. The van der Waals surface area contributed by atoms with Crippen molar-refractivity contribution in [2.24, 2.45) is 0 Å². The molecule has 0 saturated carbocycles. The summed E-state index contributed by atoms with van der Waals surface area (Å²) in [6.07, 6.45) is 2.65. The number of carbonyl (C=O) groups is 2. The van der Waals surface area contributed by atoms with Gasteiger partial charge in [-0.25, -0.2) is 15.0 Å². The van der Waals surface area contributed by atoms with E-state index in [1.165, 1.54) is 0 Å². The molecule has 1 fully saturated rings. The Labute approximate surface area is 151 Å². The fraction of sp³-hybridized carbons (Fsp3) is 0.353. The van der Waals surface area contributed by atoms with Crippen LogP contribution in [0.4, 0.5) is 17.5 Å². The van der Waals surface area contributed by atoms with E-state index in [4.69, 9.17) is 0 Å². The number of amides is 2. The second-order valence-corrected chi connectivity index (χ2v) is 5.90. The molecule has 2 aromatic heterocycles. The van der Waals surface area contributed by atoms with Gasteiger partial charge >= 0.3 is 0 Å². The number of nitrogens with one attached hydrogen (secondary N) is 4. The number of hydrogen-bond donors (Lipinski definition) is 4. The van der Waals surface area contributed by atoms with Gasteiger partial charge in [-0.2, -0.15) is 0 Å². The average molecular weight is 355 g/mol. The Hall–Kier alpha value is -3.23. The Morgan fingerprint density at radius 2 is 2.08 bits per heavy atom. The predicted molar refractivity (Wildman–Crippen MR) is 97.0 cm³/mol. The first kappa shape index (κ1) is 17.6. The van der Waals surface area contributed by atoms with Crippen LogP contribution in [0.1, 0.15) is 18.7 Å². The molecular weight excluding hydrogens is 334 g/mol. The summed E-state index contributed by atoms with van der Waals surface area (Å²) in [4.78, 5) is 35.9. The molecule has 0 unspecified atom stereocenters. The van der Waals surface area contributed by atoms with Crippen LogP contribution >= 0.6 is 0 Å². The lowest BCUT2D eigenvalue weighted by molar-refractivity contribution is -0.125. The normalized spacial score (nSPS) is 16.0. The van der Waals surface area contributed by atoms with Gasteiger partial charge in [0.15, 0.2) is 0 Å². The molecule has 1 aliphatic rings. The van der Waals surface area contributed by atoms with E-state index in [1.807, 2.05) is 18.2 Å². The van der Waals surface area contributed by atoms with Crippen LogP contribution < -0.4 is 21.3 Å². The van der Waals surface area contributed by atoms with Crippen molar-refractivity contribution in [1.29, 1.82) is 0 Å². The van der Waals surface area contributed by atoms with Crippen molar-refractivity contribution in [2.45, 2.75) is 25.8 Å². The Balaban J connectivity index is 1.48. The van der Waals surface area contributed by atoms with Gasteiger partial charge in [-0.05, 0) is 25.5 Å². The zero-order valence-corrected chi connectivity index (χ0v) is 14.5. The first-order valence-electron chi connectivity index (χ1n) is 8.45. The molecule has 0 aromatic carbocycles. The number of pyridine rings is 1. The zero-order chi connectivity index (χ0) is 18.4. The SMILES string of the molecule is Cc1nc(NCCNC(=O)[C@@H]2CCC(=O)N2)cc(Nc2ccccn2)n1. The van der Waals surface area contributed by atoms with E-state index in [0.717, 1.165) is 0 Å². The van der Waals surface area contributed by atoms with E-state index in [9.17, 15) is 9.59 Å². The summed E-state index contributed by atoms with van der Waals surface area (Å²) < 4.78 is 0. The molecule has 9 nitrogen and oxygen atoms in total. The topological polar surface area (TPSA) is 121 Å². The maximum atomic E-state index is 11.9. The van der Waals surface area contributed by atoms with Crippen LogP contribution in [0.5, 0.6) is 0 Å². The van der Waals surface area contributed by atoms with Crippen molar-refractivity contribution >= 4 is 29.3 Å². The molecule has 0 aliphatic carbocycles. The minimum absolute atomic E-state index is 0.0762. The fourth-order valence-electron chi connectivity index (χ4n) is 2.60. The van der Waals surface area contributed by atoms with Gasteiger partial charge < -0.3 is 21.3 Å². The van der Waals surface area contributed by atoms with Crippen molar-refractivity contribution in [3.8, 4) is 0 Å². The summed E-state index contributed by atoms with van der Waals surface area (Å²) in [6.45, 7) is 2.74. The number of aryl methyl sites for hydroxylation is 1. The Morgan fingerprint density at radius 3 is 2.81 bits per heavy atom. The molecule has 1 atom stereocenters. The van der Waals surface area contributed by atoms with Gasteiger partial charge in [0, 0.05) is 31.8 Å². The molecule has 2 aromatic rings. The molecule has 9 heteroatoms. The van der Waals surface area contributed by atoms with Crippen molar-refractivity contribution < 1.29 is 9.59 Å². The lowest BCUT2D eigenvalue weighted by Crippen LogP contribution is -2.43. The third-order valence-corrected chi connectivity index (χ3v) is 3.80. The van der Waals surface area contributed by atoms with E-state index in [-0.39, 0.29) is 11.8 Å². The highest BCUT2D eigenvalue weighted by molar-refractivity contribution is 5.90. The van der Waals surface area contributed by atoms with Crippen molar-refractivity contribution in [3.63, 3.8) is 0 Å². The number of anilines is 3. The van der Waals surface area contributed by atoms with Crippen molar-refractivity contribution in [2.75, 3.05) is 23.7 Å². The molecular formula is C17H21N7O2. The lowest BCUT2D eigenvalue weighted by Gasteiger charge is -2.12. The minimum Gasteiger partial charge on any atom is -0.368 e. The van der Waals surface area contributed by atoms with E-state index >= 15 is 0 Å². The van der Waals surface area contributed by atoms with Gasteiger partial charge in [0.2, 0.25) is 11.8 Å².